The molecule has 1 aliphatic rings. The number of nitrogens with zero attached hydrogens (tertiary/aromatic N) is 4. The fourth-order valence-corrected chi connectivity index (χ4v) is 3.47. The summed E-state index contributed by atoms with van der Waals surface area (Å²) in [6.07, 6.45) is 0. The van der Waals surface area contributed by atoms with Crippen LogP contribution in [0.4, 0.5) is 5.82 Å². The molecule has 0 atom stereocenters. The van der Waals surface area contributed by atoms with Crippen LogP contribution in [0.25, 0.3) is 0 Å². The van der Waals surface area contributed by atoms with E-state index in [1.165, 1.54) is 5.56 Å². The fourth-order valence-electron chi connectivity index (χ4n) is 3.47. The number of piperazine rings is 1. The van der Waals surface area contributed by atoms with Gasteiger partial charge in [0.25, 0.3) is 5.91 Å². The van der Waals surface area contributed by atoms with Crippen molar-refractivity contribution in [3.63, 3.8) is 0 Å². The molecule has 0 spiro atoms. The van der Waals surface area contributed by atoms with Crippen LogP contribution in [-0.2, 0) is 10.2 Å². The molecular formula is C24H34N4O2. The molecule has 1 aromatic carbocycles. The van der Waals surface area contributed by atoms with Gasteiger partial charge in [0.2, 0.25) is 0 Å². The molecule has 6 heteroatoms. The summed E-state index contributed by atoms with van der Waals surface area (Å²) in [6.45, 7) is 15.7. The normalized spacial score (nSPS) is 14.9. The molecular weight excluding hydrogens is 376 g/mol. The van der Waals surface area contributed by atoms with Crippen molar-refractivity contribution in [3.05, 3.63) is 47.4 Å². The number of amides is 1. The van der Waals surface area contributed by atoms with Crippen LogP contribution in [0.1, 0.15) is 57.6 Å². The molecule has 0 radical (unpaired) electrons. The lowest BCUT2D eigenvalue weighted by Crippen LogP contribution is -2.50. The predicted octanol–water partition coefficient (Wildman–Crippen LogP) is 3.93. The highest BCUT2D eigenvalue weighted by molar-refractivity contribution is 5.78. The second-order valence-corrected chi connectivity index (χ2v) is 9.31. The van der Waals surface area contributed by atoms with Crippen LogP contribution >= 0.6 is 0 Å². The number of hydrogen-bond donors (Lipinski definition) is 0. The number of carbonyl (C=O) groups excluding carboxylic acids is 1. The summed E-state index contributed by atoms with van der Waals surface area (Å²) in [5.74, 6) is 2.87. The predicted molar refractivity (Wildman–Crippen MR) is 120 cm³/mol. The minimum atomic E-state index is 0.0243. The summed E-state index contributed by atoms with van der Waals surface area (Å²) in [7, 11) is 0. The topological polar surface area (TPSA) is 58.6 Å². The minimum Gasteiger partial charge on any atom is -0.484 e. The average molecular weight is 411 g/mol. The smallest absolute Gasteiger partial charge is 0.260 e. The Kier molecular flexibility index (Phi) is 6.64. The van der Waals surface area contributed by atoms with E-state index in [4.69, 9.17) is 9.72 Å². The van der Waals surface area contributed by atoms with Crippen LogP contribution in [0.15, 0.2) is 30.3 Å². The molecule has 1 aliphatic heterocycles. The lowest BCUT2D eigenvalue weighted by molar-refractivity contribution is -0.133. The largest absolute Gasteiger partial charge is 0.484 e. The Hall–Kier alpha value is -2.63. The summed E-state index contributed by atoms with van der Waals surface area (Å²) < 4.78 is 5.73. The van der Waals surface area contributed by atoms with Gasteiger partial charge in [0.1, 0.15) is 17.4 Å². The highest BCUT2D eigenvalue weighted by Gasteiger charge is 2.23. The van der Waals surface area contributed by atoms with Crippen molar-refractivity contribution in [1.82, 2.24) is 14.9 Å². The Bertz CT molecular complexity index is 864. The zero-order valence-electron chi connectivity index (χ0n) is 19.1. The van der Waals surface area contributed by atoms with E-state index < -0.39 is 0 Å². The first-order valence-corrected chi connectivity index (χ1v) is 10.7. The number of rotatable bonds is 5. The van der Waals surface area contributed by atoms with Crippen LogP contribution in [0.5, 0.6) is 5.75 Å². The Labute approximate surface area is 180 Å². The Morgan fingerprint density at radius 2 is 1.70 bits per heavy atom. The Morgan fingerprint density at radius 1 is 1.07 bits per heavy atom. The SMILES string of the molecule is Cc1cc(N2CCN(C(=O)COc3ccc(C(C)(C)C)cc3)CC2)nc(C(C)C)n1. The third-order valence-electron chi connectivity index (χ3n) is 5.41. The summed E-state index contributed by atoms with van der Waals surface area (Å²) in [6, 6.07) is 10.0. The minimum absolute atomic E-state index is 0.0243. The van der Waals surface area contributed by atoms with Gasteiger partial charge in [-0.2, -0.15) is 0 Å². The van der Waals surface area contributed by atoms with Crippen molar-refractivity contribution in [1.29, 1.82) is 0 Å². The summed E-state index contributed by atoms with van der Waals surface area (Å²) in [4.78, 5) is 25.9. The van der Waals surface area contributed by atoms with Crippen molar-refractivity contribution in [2.45, 2.75) is 52.9 Å². The van der Waals surface area contributed by atoms with Crippen LogP contribution in [-0.4, -0.2) is 53.6 Å². The molecule has 1 aromatic heterocycles. The summed E-state index contributed by atoms with van der Waals surface area (Å²) in [5.41, 5.74) is 2.33. The monoisotopic (exact) mass is 410 g/mol. The van der Waals surface area contributed by atoms with Gasteiger partial charge in [-0.25, -0.2) is 9.97 Å². The fraction of sp³-hybridized carbons (Fsp3) is 0.542. The molecule has 0 bridgehead atoms. The third kappa shape index (κ3) is 5.49. The molecule has 0 aliphatic carbocycles. The van der Waals surface area contributed by atoms with E-state index in [1.54, 1.807) is 0 Å². The second kappa shape index (κ2) is 9.02. The molecule has 2 aromatic rings. The lowest BCUT2D eigenvalue weighted by Gasteiger charge is -2.35. The van der Waals surface area contributed by atoms with Gasteiger partial charge in [-0.1, -0.05) is 46.8 Å². The first kappa shape index (κ1) is 22.1. The molecule has 162 valence electrons. The van der Waals surface area contributed by atoms with E-state index in [0.717, 1.165) is 36.2 Å². The van der Waals surface area contributed by atoms with Crippen LogP contribution in [0.3, 0.4) is 0 Å². The van der Waals surface area contributed by atoms with E-state index in [0.29, 0.717) is 19.0 Å². The number of carbonyl (C=O) groups is 1. The van der Waals surface area contributed by atoms with Gasteiger partial charge in [-0.05, 0) is 30.0 Å². The number of benzene rings is 1. The Morgan fingerprint density at radius 3 is 2.27 bits per heavy atom. The van der Waals surface area contributed by atoms with Crippen molar-refractivity contribution in [2.24, 2.45) is 0 Å². The maximum absolute atomic E-state index is 12.6. The van der Waals surface area contributed by atoms with E-state index in [1.807, 2.05) is 30.0 Å². The molecule has 1 saturated heterocycles. The zero-order chi connectivity index (χ0) is 21.9. The van der Waals surface area contributed by atoms with Crippen LogP contribution in [0, 0.1) is 6.92 Å². The van der Waals surface area contributed by atoms with Gasteiger partial charge in [0, 0.05) is 43.9 Å². The van der Waals surface area contributed by atoms with Crippen molar-refractivity contribution in [3.8, 4) is 5.75 Å². The highest BCUT2D eigenvalue weighted by atomic mass is 16.5. The van der Waals surface area contributed by atoms with E-state index >= 15 is 0 Å². The maximum atomic E-state index is 12.6. The van der Waals surface area contributed by atoms with E-state index in [2.05, 4.69) is 56.6 Å². The maximum Gasteiger partial charge on any atom is 0.260 e. The number of hydrogen-bond acceptors (Lipinski definition) is 5. The number of aromatic nitrogens is 2. The molecule has 1 fully saturated rings. The highest BCUT2D eigenvalue weighted by Crippen LogP contribution is 2.24. The van der Waals surface area contributed by atoms with Gasteiger partial charge in [0.15, 0.2) is 6.61 Å². The molecule has 30 heavy (non-hydrogen) atoms. The molecule has 0 unspecified atom stereocenters. The summed E-state index contributed by atoms with van der Waals surface area (Å²) >= 11 is 0. The number of anilines is 1. The molecule has 3 rings (SSSR count). The van der Waals surface area contributed by atoms with E-state index in [-0.39, 0.29) is 17.9 Å². The van der Waals surface area contributed by atoms with Gasteiger partial charge in [-0.15, -0.1) is 0 Å². The standard InChI is InChI=1S/C24H34N4O2/c1-17(2)23-25-18(3)15-21(26-23)27-11-13-28(14-12-27)22(29)16-30-20-9-7-19(8-10-20)24(4,5)6/h7-10,15,17H,11-14,16H2,1-6H3. The lowest BCUT2D eigenvalue weighted by atomic mass is 9.87. The first-order valence-electron chi connectivity index (χ1n) is 10.7. The Balaban J connectivity index is 1.52. The average Bonchev–Trinajstić information content (AvgIpc) is 2.71. The van der Waals surface area contributed by atoms with E-state index in [9.17, 15) is 4.79 Å². The van der Waals surface area contributed by atoms with Crippen molar-refractivity contribution in [2.75, 3.05) is 37.7 Å². The quantitative estimate of drug-likeness (QED) is 0.747. The summed E-state index contributed by atoms with van der Waals surface area (Å²) in [5, 5.41) is 0. The molecule has 0 saturated carbocycles. The zero-order valence-corrected chi connectivity index (χ0v) is 19.1. The molecule has 0 N–H and O–H groups in total. The first-order chi connectivity index (χ1) is 14.1. The number of aryl methyl sites for hydroxylation is 1. The van der Waals surface area contributed by atoms with Gasteiger partial charge >= 0.3 is 0 Å². The van der Waals surface area contributed by atoms with Gasteiger partial charge in [-0.3, -0.25) is 4.79 Å². The van der Waals surface area contributed by atoms with Crippen LogP contribution in [0.2, 0.25) is 0 Å². The van der Waals surface area contributed by atoms with Crippen LogP contribution < -0.4 is 9.64 Å². The molecule has 2 heterocycles. The molecule has 6 nitrogen and oxygen atoms in total. The number of ether oxygens (including phenoxy) is 1. The van der Waals surface area contributed by atoms with Crippen molar-refractivity contribution >= 4 is 11.7 Å². The second-order valence-electron chi connectivity index (χ2n) is 9.31. The third-order valence-corrected chi connectivity index (χ3v) is 5.41. The van der Waals surface area contributed by atoms with Gasteiger partial charge < -0.3 is 14.5 Å². The van der Waals surface area contributed by atoms with Gasteiger partial charge in [0.05, 0.1) is 0 Å². The molecule has 1 amide bonds. The van der Waals surface area contributed by atoms with Crippen molar-refractivity contribution < 1.29 is 9.53 Å².